The van der Waals surface area contributed by atoms with E-state index in [2.05, 4.69) is 32.6 Å². The van der Waals surface area contributed by atoms with Crippen molar-refractivity contribution in [3.63, 3.8) is 0 Å². The minimum atomic E-state index is -0.918. The number of hydrogen-bond acceptors (Lipinski definition) is 4. The van der Waals surface area contributed by atoms with Crippen LogP contribution in [0.15, 0.2) is 40.6 Å². The lowest BCUT2D eigenvalue weighted by Gasteiger charge is -2.04. The van der Waals surface area contributed by atoms with E-state index in [9.17, 15) is 4.79 Å². The number of carboxylic acid groups (broad SMARTS) is 1. The largest absolute Gasteiger partial charge is 0.478 e. The van der Waals surface area contributed by atoms with Crippen molar-refractivity contribution in [2.75, 3.05) is 0 Å². The fraction of sp³-hybridized carbons (Fsp3) is 0.0833. The van der Waals surface area contributed by atoms with Crippen LogP contribution < -0.4 is 0 Å². The number of aromatic carboxylic acids is 1. The highest BCUT2D eigenvalue weighted by Crippen LogP contribution is 2.26. The summed E-state index contributed by atoms with van der Waals surface area (Å²) in [5, 5.41) is 9.66. The Morgan fingerprint density at radius 2 is 2.00 bits per heavy atom. The van der Waals surface area contributed by atoms with Gasteiger partial charge in [0.15, 0.2) is 5.16 Å². The van der Waals surface area contributed by atoms with E-state index in [1.54, 1.807) is 31.5 Å². The van der Waals surface area contributed by atoms with Crippen LogP contribution in [-0.2, 0) is 0 Å². The van der Waals surface area contributed by atoms with Crippen LogP contribution in [0.1, 0.15) is 15.9 Å². The summed E-state index contributed by atoms with van der Waals surface area (Å²) in [6, 6.07) is 5.30. The highest BCUT2D eigenvalue weighted by molar-refractivity contribution is 14.1. The maximum absolute atomic E-state index is 11.0. The van der Waals surface area contributed by atoms with Crippen molar-refractivity contribution < 1.29 is 9.90 Å². The molecule has 0 radical (unpaired) electrons. The second-order valence-corrected chi connectivity index (χ2v) is 5.85. The third-order valence-electron chi connectivity index (χ3n) is 2.25. The van der Waals surface area contributed by atoms with Crippen LogP contribution in [0.5, 0.6) is 0 Å². The minimum absolute atomic E-state index is 0.311. The molecular weight excluding hydrogens is 363 g/mol. The lowest BCUT2D eigenvalue weighted by molar-refractivity contribution is 0.0696. The van der Waals surface area contributed by atoms with Crippen molar-refractivity contribution in [1.82, 2.24) is 9.97 Å². The first-order valence-electron chi connectivity index (χ1n) is 5.05. The fourth-order valence-corrected chi connectivity index (χ4v) is 2.37. The Morgan fingerprint density at radius 3 is 2.61 bits per heavy atom. The Labute approximate surface area is 122 Å². The number of benzene rings is 1. The summed E-state index contributed by atoms with van der Waals surface area (Å²) in [5.41, 5.74) is 1.06. The Balaban J connectivity index is 2.27. The maximum atomic E-state index is 11.0. The van der Waals surface area contributed by atoms with E-state index >= 15 is 0 Å². The van der Waals surface area contributed by atoms with Crippen LogP contribution >= 0.6 is 34.4 Å². The summed E-state index contributed by atoms with van der Waals surface area (Å²) in [6.07, 6.45) is 3.45. The lowest BCUT2D eigenvalue weighted by Crippen LogP contribution is -1.99. The highest BCUT2D eigenvalue weighted by atomic mass is 127. The van der Waals surface area contributed by atoms with Crippen LogP contribution in [0.25, 0.3) is 0 Å². The molecule has 2 rings (SSSR count). The summed E-state index contributed by atoms with van der Waals surface area (Å²) < 4.78 is 0.965. The van der Waals surface area contributed by atoms with Crippen molar-refractivity contribution in [3.8, 4) is 0 Å². The number of nitrogens with zero attached hydrogens (tertiary/aromatic N) is 2. The summed E-state index contributed by atoms with van der Waals surface area (Å²) >= 11 is 3.48. The maximum Gasteiger partial charge on any atom is 0.335 e. The number of carbonyl (C=O) groups is 1. The first-order valence-corrected chi connectivity index (χ1v) is 6.95. The van der Waals surface area contributed by atoms with Crippen molar-refractivity contribution in [1.29, 1.82) is 0 Å². The predicted octanol–water partition coefficient (Wildman–Crippen LogP) is 3.24. The molecule has 0 bridgehead atoms. The topological polar surface area (TPSA) is 63.1 Å². The number of aryl methyl sites for hydroxylation is 1. The van der Waals surface area contributed by atoms with Gasteiger partial charge in [-0.05, 0) is 59.0 Å². The van der Waals surface area contributed by atoms with Crippen molar-refractivity contribution in [2.24, 2.45) is 0 Å². The van der Waals surface area contributed by atoms with E-state index < -0.39 is 5.97 Å². The number of aromatic nitrogens is 2. The zero-order chi connectivity index (χ0) is 13.1. The molecule has 92 valence electrons. The molecule has 1 N–H and O–H groups in total. The van der Waals surface area contributed by atoms with Gasteiger partial charge in [0, 0.05) is 20.9 Å². The van der Waals surface area contributed by atoms with Crippen LogP contribution in [0.3, 0.4) is 0 Å². The SMILES string of the molecule is Cc1ccc(Sc2ncc(I)cn2)cc1C(=O)O. The molecule has 0 amide bonds. The first-order chi connectivity index (χ1) is 8.56. The fourth-order valence-electron chi connectivity index (χ4n) is 1.35. The Hall–Kier alpha value is -1.15. The molecule has 0 saturated carbocycles. The third kappa shape index (κ3) is 3.20. The molecule has 0 atom stereocenters. The van der Waals surface area contributed by atoms with Gasteiger partial charge in [-0.2, -0.15) is 0 Å². The molecule has 0 unspecified atom stereocenters. The van der Waals surface area contributed by atoms with Gasteiger partial charge >= 0.3 is 5.97 Å². The van der Waals surface area contributed by atoms with E-state index in [0.29, 0.717) is 10.7 Å². The number of carboxylic acids is 1. The molecular formula is C12H9IN2O2S. The van der Waals surface area contributed by atoms with Gasteiger partial charge in [0.25, 0.3) is 0 Å². The lowest BCUT2D eigenvalue weighted by atomic mass is 10.1. The number of rotatable bonds is 3. The first kappa shape index (κ1) is 13.3. The second-order valence-electron chi connectivity index (χ2n) is 3.57. The number of halogens is 1. The van der Waals surface area contributed by atoms with E-state index in [1.807, 2.05) is 6.07 Å². The molecule has 4 nitrogen and oxygen atoms in total. The van der Waals surface area contributed by atoms with E-state index in [0.717, 1.165) is 14.0 Å². The molecule has 1 aromatic heterocycles. The highest BCUT2D eigenvalue weighted by Gasteiger charge is 2.09. The van der Waals surface area contributed by atoms with Crippen LogP contribution in [-0.4, -0.2) is 21.0 Å². The summed E-state index contributed by atoms with van der Waals surface area (Å²) in [5.74, 6) is -0.918. The summed E-state index contributed by atoms with van der Waals surface area (Å²) in [6.45, 7) is 1.78. The quantitative estimate of drug-likeness (QED) is 0.662. The smallest absolute Gasteiger partial charge is 0.335 e. The molecule has 0 aliphatic rings. The summed E-state index contributed by atoms with van der Waals surface area (Å²) in [7, 11) is 0. The van der Waals surface area contributed by atoms with E-state index in [1.165, 1.54) is 11.8 Å². The second kappa shape index (κ2) is 5.66. The summed E-state index contributed by atoms with van der Waals surface area (Å²) in [4.78, 5) is 20.2. The molecule has 6 heteroatoms. The zero-order valence-electron chi connectivity index (χ0n) is 9.42. The monoisotopic (exact) mass is 372 g/mol. The Morgan fingerprint density at radius 1 is 1.33 bits per heavy atom. The minimum Gasteiger partial charge on any atom is -0.478 e. The van der Waals surface area contributed by atoms with Crippen LogP contribution in [0, 0.1) is 10.5 Å². The van der Waals surface area contributed by atoms with Crippen molar-refractivity contribution in [3.05, 3.63) is 45.3 Å². The molecule has 0 saturated heterocycles. The van der Waals surface area contributed by atoms with Gasteiger partial charge in [0.05, 0.1) is 5.56 Å². The van der Waals surface area contributed by atoms with Gasteiger partial charge in [-0.25, -0.2) is 14.8 Å². The zero-order valence-corrected chi connectivity index (χ0v) is 12.4. The van der Waals surface area contributed by atoms with Crippen LogP contribution in [0.4, 0.5) is 0 Å². The molecule has 2 aromatic rings. The molecule has 1 heterocycles. The average Bonchev–Trinajstić information content (AvgIpc) is 2.34. The van der Waals surface area contributed by atoms with Gasteiger partial charge in [-0.15, -0.1) is 0 Å². The molecule has 0 aliphatic carbocycles. The predicted molar refractivity (Wildman–Crippen MR) is 77.0 cm³/mol. The number of hydrogen-bond donors (Lipinski definition) is 1. The molecule has 0 spiro atoms. The Bertz CT molecular complexity index is 587. The molecule has 0 fully saturated rings. The molecule has 1 aromatic carbocycles. The molecule has 18 heavy (non-hydrogen) atoms. The van der Waals surface area contributed by atoms with Crippen LogP contribution in [0.2, 0.25) is 0 Å². The third-order valence-corrected chi connectivity index (χ3v) is 3.69. The molecule has 0 aliphatic heterocycles. The Kier molecular flexibility index (Phi) is 4.18. The van der Waals surface area contributed by atoms with Gasteiger partial charge in [0.1, 0.15) is 0 Å². The van der Waals surface area contributed by atoms with Gasteiger partial charge in [-0.1, -0.05) is 6.07 Å². The van der Waals surface area contributed by atoms with Gasteiger partial charge in [0.2, 0.25) is 0 Å². The van der Waals surface area contributed by atoms with E-state index in [-0.39, 0.29) is 0 Å². The average molecular weight is 372 g/mol. The standard InChI is InChI=1S/C12H9IN2O2S/c1-7-2-3-9(4-10(7)11(16)17)18-12-14-5-8(13)6-15-12/h2-6H,1H3,(H,16,17). The normalized spacial score (nSPS) is 10.3. The van der Waals surface area contributed by atoms with Gasteiger partial charge in [-0.3, -0.25) is 0 Å². The van der Waals surface area contributed by atoms with E-state index in [4.69, 9.17) is 5.11 Å². The van der Waals surface area contributed by atoms with Crippen molar-refractivity contribution >= 4 is 40.3 Å². The van der Waals surface area contributed by atoms with Gasteiger partial charge < -0.3 is 5.11 Å². The van der Waals surface area contributed by atoms with Crippen molar-refractivity contribution in [2.45, 2.75) is 17.0 Å².